The first-order valence-corrected chi connectivity index (χ1v) is 7.34. The van der Waals surface area contributed by atoms with Crippen LogP contribution in [0, 0.1) is 12.8 Å². The molecule has 20 heavy (non-hydrogen) atoms. The molecule has 108 valence electrons. The van der Waals surface area contributed by atoms with Crippen molar-refractivity contribution in [3.63, 3.8) is 0 Å². The fraction of sp³-hybridized carbons (Fsp3) is 0.471. The van der Waals surface area contributed by atoms with Crippen molar-refractivity contribution in [3.8, 4) is 0 Å². The minimum atomic E-state index is 0.192. The fourth-order valence-electron chi connectivity index (χ4n) is 2.50. The van der Waals surface area contributed by atoms with Gasteiger partial charge in [-0.25, -0.2) is 0 Å². The molecule has 1 aromatic carbocycles. The average molecular weight is 272 g/mol. The second kappa shape index (κ2) is 6.23. The van der Waals surface area contributed by atoms with E-state index in [4.69, 9.17) is 4.98 Å². The first kappa shape index (κ1) is 14.8. The van der Waals surface area contributed by atoms with Gasteiger partial charge in [0.15, 0.2) is 0 Å². The second-order valence-electron chi connectivity index (χ2n) is 5.51. The van der Waals surface area contributed by atoms with Crippen molar-refractivity contribution < 1.29 is 5.11 Å². The highest BCUT2D eigenvalue weighted by atomic mass is 16.3. The number of benzene rings is 1. The van der Waals surface area contributed by atoms with Crippen molar-refractivity contribution in [1.29, 1.82) is 0 Å². The van der Waals surface area contributed by atoms with E-state index in [1.807, 2.05) is 18.2 Å². The molecular weight excluding hydrogens is 248 g/mol. The van der Waals surface area contributed by atoms with E-state index in [1.165, 1.54) is 11.3 Å². The van der Waals surface area contributed by atoms with Crippen LogP contribution in [0.4, 0.5) is 5.69 Å². The summed E-state index contributed by atoms with van der Waals surface area (Å²) in [5.41, 5.74) is 4.54. The molecule has 0 saturated heterocycles. The van der Waals surface area contributed by atoms with Crippen LogP contribution < -0.4 is 5.32 Å². The summed E-state index contributed by atoms with van der Waals surface area (Å²) in [7, 11) is 0. The molecule has 0 spiro atoms. The highest BCUT2D eigenvalue weighted by molar-refractivity contribution is 5.93. The lowest BCUT2D eigenvalue weighted by Gasteiger charge is -2.24. The summed E-state index contributed by atoms with van der Waals surface area (Å²) in [6.45, 7) is 8.59. The van der Waals surface area contributed by atoms with E-state index in [0.29, 0.717) is 0 Å². The molecule has 0 saturated carbocycles. The molecular formula is C17H24N2O. The first-order chi connectivity index (χ1) is 9.58. The van der Waals surface area contributed by atoms with Crippen LogP contribution in [0.25, 0.3) is 10.9 Å². The minimum absolute atomic E-state index is 0.192. The van der Waals surface area contributed by atoms with E-state index in [-0.39, 0.29) is 18.6 Å². The van der Waals surface area contributed by atoms with Gasteiger partial charge in [0, 0.05) is 29.4 Å². The van der Waals surface area contributed by atoms with Crippen molar-refractivity contribution >= 4 is 16.6 Å². The molecule has 2 aromatic rings. The normalized spacial score (nSPS) is 14.2. The van der Waals surface area contributed by atoms with Crippen LogP contribution in [-0.2, 0) is 6.42 Å². The predicted molar refractivity (Wildman–Crippen MR) is 85.2 cm³/mol. The Hall–Kier alpha value is -1.61. The third-order valence-corrected chi connectivity index (χ3v) is 4.07. The first-order valence-electron chi connectivity index (χ1n) is 7.34. The third-order valence-electron chi connectivity index (χ3n) is 4.07. The number of nitrogens with one attached hydrogen (secondary N) is 1. The average Bonchev–Trinajstić information content (AvgIpc) is 2.46. The van der Waals surface area contributed by atoms with E-state index in [0.717, 1.165) is 23.0 Å². The zero-order valence-electron chi connectivity index (χ0n) is 12.8. The van der Waals surface area contributed by atoms with E-state index in [1.54, 1.807) is 0 Å². The predicted octanol–water partition coefficient (Wildman–Crippen LogP) is 3.53. The van der Waals surface area contributed by atoms with Crippen LogP contribution in [0.5, 0.6) is 0 Å². The Bertz CT molecular complexity index is 595. The van der Waals surface area contributed by atoms with Crippen molar-refractivity contribution in [2.24, 2.45) is 5.92 Å². The molecule has 2 atom stereocenters. The van der Waals surface area contributed by atoms with Gasteiger partial charge >= 0.3 is 0 Å². The van der Waals surface area contributed by atoms with Gasteiger partial charge in [0.25, 0.3) is 0 Å². The molecule has 2 N–H and O–H groups in total. The number of aliphatic hydroxyl groups is 1. The molecule has 1 heterocycles. The fourth-order valence-corrected chi connectivity index (χ4v) is 2.50. The lowest BCUT2D eigenvalue weighted by atomic mass is 10.0. The smallest absolute Gasteiger partial charge is 0.0726 e. The van der Waals surface area contributed by atoms with Gasteiger partial charge in [-0.05, 0) is 37.8 Å². The molecule has 0 radical (unpaired) electrons. The number of anilines is 1. The summed E-state index contributed by atoms with van der Waals surface area (Å²) in [5, 5.41) is 14.1. The summed E-state index contributed by atoms with van der Waals surface area (Å²) in [5.74, 6) is 0.215. The molecule has 0 aliphatic rings. The van der Waals surface area contributed by atoms with Crippen molar-refractivity contribution in [2.45, 2.75) is 40.2 Å². The van der Waals surface area contributed by atoms with Crippen LogP contribution in [0.3, 0.4) is 0 Å². The maximum Gasteiger partial charge on any atom is 0.0726 e. The van der Waals surface area contributed by atoms with Gasteiger partial charge in [-0.2, -0.15) is 0 Å². The number of hydrogen-bond donors (Lipinski definition) is 2. The Morgan fingerprint density at radius 3 is 2.60 bits per heavy atom. The van der Waals surface area contributed by atoms with E-state index in [2.05, 4.69) is 39.1 Å². The number of rotatable bonds is 5. The summed E-state index contributed by atoms with van der Waals surface area (Å²) >= 11 is 0. The highest BCUT2D eigenvalue weighted by Gasteiger charge is 2.16. The van der Waals surface area contributed by atoms with Crippen molar-refractivity contribution in [1.82, 2.24) is 4.98 Å². The molecule has 1 aromatic heterocycles. The standard InChI is InChI=1S/C17H24N2O/c1-5-14-13(4)18-16-9-7-6-8-15(16)17(14)19-12(3)11(2)10-20/h6-9,11-12,20H,5,10H2,1-4H3,(H,18,19). The van der Waals surface area contributed by atoms with Gasteiger partial charge in [-0.15, -0.1) is 0 Å². The maximum absolute atomic E-state index is 9.33. The Morgan fingerprint density at radius 1 is 1.25 bits per heavy atom. The number of fused-ring (bicyclic) bond motifs is 1. The summed E-state index contributed by atoms with van der Waals surface area (Å²) in [6.07, 6.45) is 0.951. The van der Waals surface area contributed by atoms with E-state index < -0.39 is 0 Å². The Labute approximate surface area is 121 Å². The zero-order valence-corrected chi connectivity index (χ0v) is 12.8. The van der Waals surface area contributed by atoms with Crippen LogP contribution >= 0.6 is 0 Å². The molecule has 0 fully saturated rings. The van der Waals surface area contributed by atoms with Gasteiger partial charge < -0.3 is 10.4 Å². The number of hydrogen-bond acceptors (Lipinski definition) is 3. The largest absolute Gasteiger partial charge is 0.396 e. The molecule has 3 heteroatoms. The molecule has 3 nitrogen and oxygen atoms in total. The van der Waals surface area contributed by atoms with Crippen LogP contribution in [0.2, 0.25) is 0 Å². The van der Waals surface area contributed by atoms with Gasteiger partial charge in [0.05, 0.1) is 5.52 Å². The van der Waals surface area contributed by atoms with Crippen molar-refractivity contribution in [3.05, 3.63) is 35.5 Å². The van der Waals surface area contributed by atoms with Crippen LogP contribution in [0.15, 0.2) is 24.3 Å². The van der Waals surface area contributed by atoms with Gasteiger partial charge in [0.1, 0.15) is 0 Å². The monoisotopic (exact) mass is 272 g/mol. The SMILES string of the molecule is CCc1c(C)nc2ccccc2c1NC(C)C(C)CO. The lowest BCUT2D eigenvalue weighted by Crippen LogP contribution is -2.27. The number of pyridine rings is 1. The quantitative estimate of drug-likeness (QED) is 0.875. The number of nitrogens with zero attached hydrogens (tertiary/aromatic N) is 1. The van der Waals surface area contributed by atoms with Crippen LogP contribution in [0.1, 0.15) is 32.0 Å². The highest BCUT2D eigenvalue weighted by Crippen LogP contribution is 2.30. The molecule has 0 aliphatic heterocycles. The lowest BCUT2D eigenvalue weighted by molar-refractivity contribution is 0.226. The molecule has 2 unspecified atom stereocenters. The number of aromatic nitrogens is 1. The van der Waals surface area contributed by atoms with Gasteiger partial charge in [-0.1, -0.05) is 32.0 Å². The number of aryl methyl sites for hydroxylation is 1. The second-order valence-corrected chi connectivity index (χ2v) is 5.51. The van der Waals surface area contributed by atoms with Gasteiger partial charge in [0.2, 0.25) is 0 Å². The van der Waals surface area contributed by atoms with E-state index >= 15 is 0 Å². The molecule has 0 aliphatic carbocycles. The topological polar surface area (TPSA) is 45.2 Å². The van der Waals surface area contributed by atoms with Gasteiger partial charge in [-0.3, -0.25) is 4.98 Å². The minimum Gasteiger partial charge on any atom is -0.396 e. The zero-order chi connectivity index (χ0) is 14.7. The Morgan fingerprint density at radius 2 is 1.95 bits per heavy atom. The number of para-hydroxylation sites is 1. The maximum atomic E-state index is 9.33. The Kier molecular flexibility index (Phi) is 4.61. The van der Waals surface area contributed by atoms with Crippen molar-refractivity contribution in [2.75, 3.05) is 11.9 Å². The Balaban J connectivity index is 2.53. The molecule has 0 bridgehead atoms. The van der Waals surface area contributed by atoms with Crippen LogP contribution in [-0.4, -0.2) is 22.7 Å². The summed E-state index contributed by atoms with van der Waals surface area (Å²) < 4.78 is 0. The molecule has 2 rings (SSSR count). The number of aliphatic hydroxyl groups excluding tert-OH is 1. The molecule has 0 amide bonds. The summed E-state index contributed by atoms with van der Waals surface area (Å²) in [6, 6.07) is 8.44. The van der Waals surface area contributed by atoms with E-state index in [9.17, 15) is 5.11 Å². The summed E-state index contributed by atoms with van der Waals surface area (Å²) in [4.78, 5) is 4.69. The third kappa shape index (κ3) is 2.78.